The van der Waals surface area contributed by atoms with Crippen molar-refractivity contribution in [3.8, 4) is 23.1 Å². The van der Waals surface area contributed by atoms with Crippen molar-refractivity contribution in [3.63, 3.8) is 0 Å². The highest BCUT2D eigenvalue weighted by molar-refractivity contribution is 6.44. The zero-order valence-electron chi connectivity index (χ0n) is 28.1. The molecular formula is C36H39Cl2N7O7. The Morgan fingerprint density at radius 1 is 0.827 bits per heavy atom. The van der Waals surface area contributed by atoms with Crippen molar-refractivity contribution >= 4 is 46.6 Å². The van der Waals surface area contributed by atoms with Gasteiger partial charge >= 0.3 is 6.09 Å². The minimum Gasteiger partial charge on any atom is -0.472 e. The van der Waals surface area contributed by atoms with Gasteiger partial charge < -0.3 is 24.8 Å². The molecule has 2 heterocycles. The van der Waals surface area contributed by atoms with Crippen molar-refractivity contribution in [2.45, 2.75) is 21.0 Å². The number of ether oxygens (including phenoxy) is 3. The molecule has 5 rings (SSSR count). The van der Waals surface area contributed by atoms with Crippen LogP contribution in [0.3, 0.4) is 0 Å². The van der Waals surface area contributed by atoms with E-state index in [-0.39, 0.29) is 26.4 Å². The van der Waals surface area contributed by atoms with Crippen molar-refractivity contribution in [1.82, 2.24) is 19.6 Å². The molecule has 0 radical (unpaired) electrons. The number of primary amides is 1. The summed E-state index contributed by atoms with van der Waals surface area (Å²) in [6.07, 6.45) is 4.61. The van der Waals surface area contributed by atoms with Gasteiger partial charge in [-0.15, -0.1) is 10.2 Å². The number of aromatic nitrogens is 4. The molecule has 0 saturated heterocycles. The third kappa shape index (κ3) is 11.3. The van der Waals surface area contributed by atoms with Crippen LogP contribution < -0.4 is 20.3 Å². The van der Waals surface area contributed by atoms with Gasteiger partial charge in [-0.1, -0.05) is 54.0 Å². The van der Waals surface area contributed by atoms with Crippen LogP contribution >= 0.6 is 23.2 Å². The fourth-order valence-electron chi connectivity index (χ4n) is 4.33. The summed E-state index contributed by atoms with van der Waals surface area (Å²) in [7, 11) is 4.02. The molecule has 0 atom stereocenters. The zero-order chi connectivity index (χ0) is 36.8. The summed E-state index contributed by atoms with van der Waals surface area (Å²) in [5, 5.41) is 14.7. The predicted molar refractivity (Wildman–Crippen MR) is 199 cm³/mol. The van der Waals surface area contributed by atoms with E-state index in [1.54, 1.807) is 83.3 Å². The lowest BCUT2D eigenvalue weighted by molar-refractivity contribution is -0.112. The van der Waals surface area contributed by atoms with Crippen molar-refractivity contribution in [3.05, 3.63) is 125 Å². The summed E-state index contributed by atoms with van der Waals surface area (Å²) >= 11 is 11.8. The number of hydrogen-bond donors (Lipinski definition) is 1. The lowest BCUT2D eigenvalue weighted by atomic mass is 10.1. The van der Waals surface area contributed by atoms with Gasteiger partial charge in [0.05, 0.1) is 31.3 Å². The van der Waals surface area contributed by atoms with Crippen molar-refractivity contribution in [2.24, 2.45) is 10.9 Å². The molecule has 5 aromatic rings. The van der Waals surface area contributed by atoms with Crippen molar-refractivity contribution in [1.29, 1.82) is 0 Å². The van der Waals surface area contributed by atoms with Gasteiger partial charge in [-0.05, 0) is 73.2 Å². The number of amides is 2. The van der Waals surface area contributed by atoms with E-state index in [0.717, 1.165) is 22.0 Å². The first kappa shape index (κ1) is 40.6. The summed E-state index contributed by atoms with van der Waals surface area (Å²) in [4.78, 5) is 32.8. The Bertz CT molecular complexity index is 1960. The summed E-state index contributed by atoms with van der Waals surface area (Å²) < 4.78 is 19.4. The van der Waals surface area contributed by atoms with Gasteiger partial charge in [-0.3, -0.25) is 9.63 Å². The van der Waals surface area contributed by atoms with Crippen LogP contribution in [0.2, 0.25) is 10.0 Å². The van der Waals surface area contributed by atoms with E-state index < -0.39 is 12.0 Å². The molecule has 0 aliphatic rings. The number of oxime groups is 1. The van der Waals surface area contributed by atoms with E-state index in [2.05, 4.69) is 20.2 Å². The lowest BCUT2D eigenvalue weighted by Gasteiger charge is -2.20. The standard InChI is InChI=1S/C19H18ClN3O4.C16H17ClN4O3.CH4/c1-25-19(24)23(26-2)17-6-4-3-5-14(17)13-27-18-11-12-22(21-18)16-9-7-15(20)8-10-16;1-11(15(16(18)22)20-23-2)8-10-24-14-7-9-21(19-14)13-5-3-12(17)4-6-13;/h3-12H,13H2,1-2H3;3-9H,10H2,1-2H3,(H2,18,22);1H4/b;11-8-,20-15+;. The molecular weight excluding hydrogens is 713 g/mol. The van der Waals surface area contributed by atoms with Gasteiger partial charge in [0.15, 0.2) is 5.71 Å². The number of para-hydroxylation sites is 1. The highest BCUT2D eigenvalue weighted by Gasteiger charge is 2.19. The van der Waals surface area contributed by atoms with Gasteiger partial charge in [-0.2, -0.15) is 5.06 Å². The molecule has 0 unspecified atom stereocenters. The Balaban J connectivity index is 0.000000277. The van der Waals surface area contributed by atoms with E-state index in [9.17, 15) is 9.59 Å². The predicted octanol–water partition coefficient (Wildman–Crippen LogP) is 7.21. The van der Waals surface area contributed by atoms with Gasteiger partial charge in [0.1, 0.15) is 20.3 Å². The number of methoxy groups -OCH3 is 1. The van der Waals surface area contributed by atoms with Gasteiger partial charge in [0.25, 0.3) is 5.91 Å². The van der Waals surface area contributed by atoms with Crippen LogP contribution in [0.5, 0.6) is 11.8 Å². The largest absolute Gasteiger partial charge is 0.472 e. The average molecular weight is 753 g/mol. The monoisotopic (exact) mass is 751 g/mol. The van der Waals surface area contributed by atoms with E-state index in [1.165, 1.54) is 21.3 Å². The SMILES string of the molecule is C.CO/N=C(C(N)=O)\C(C)=C/COc1ccn(-c2ccc(Cl)cc2)n1.COC(=O)N(OC)c1ccccc1COc1ccn(-c2ccc(Cl)cc2)n1. The molecule has 52 heavy (non-hydrogen) atoms. The minimum atomic E-state index is -0.669. The molecule has 2 amide bonds. The molecule has 2 N–H and O–H groups in total. The maximum atomic E-state index is 11.9. The fourth-order valence-corrected chi connectivity index (χ4v) is 4.58. The van der Waals surface area contributed by atoms with Crippen LogP contribution in [0.1, 0.15) is 19.9 Å². The number of hydroxylamine groups is 1. The number of carbonyl (C=O) groups excluding carboxylic acids is 2. The molecule has 0 fully saturated rings. The number of halogens is 2. The number of hydrogen-bond acceptors (Lipinski definition) is 10. The number of anilines is 1. The topological polar surface area (TPSA) is 158 Å². The highest BCUT2D eigenvalue weighted by atomic mass is 35.5. The molecule has 16 heteroatoms. The van der Waals surface area contributed by atoms with Gasteiger partial charge in [0, 0.05) is 40.1 Å². The quantitative estimate of drug-likeness (QED) is 0.0969. The summed E-state index contributed by atoms with van der Waals surface area (Å²) in [6.45, 7) is 2.10. The molecule has 0 aliphatic carbocycles. The smallest absolute Gasteiger partial charge is 0.438 e. The normalized spacial score (nSPS) is 11.0. The van der Waals surface area contributed by atoms with E-state index in [4.69, 9.17) is 48.0 Å². The molecule has 2 aromatic heterocycles. The Morgan fingerprint density at radius 2 is 1.37 bits per heavy atom. The average Bonchev–Trinajstić information content (AvgIpc) is 3.81. The maximum absolute atomic E-state index is 11.9. The molecule has 0 bridgehead atoms. The third-order valence-electron chi connectivity index (χ3n) is 6.83. The number of nitrogens with two attached hydrogens (primary N) is 1. The summed E-state index contributed by atoms with van der Waals surface area (Å²) in [5.74, 6) is 0.220. The van der Waals surface area contributed by atoms with Crippen LogP contribution in [0.15, 0.2) is 114 Å². The van der Waals surface area contributed by atoms with E-state index >= 15 is 0 Å². The van der Waals surface area contributed by atoms with Crippen LogP contribution in [0.4, 0.5) is 10.5 Å². The lowest BCUT2D eigenvalue weighted by Crippen LogP contribution is -2.30. The number of rotatable bonds is 13. The van der Waals surface area contributed by atoms with Crippen LogP contribution in [-0.4, -0.2) is 65.2 Å². The molecule has 14 nitrogen and oxygen atoms in total. The van der Waals surface area contributed by atoms with E-state index in [1.807, 2.05) is 36.4 Å². The molecule has 0 aliphatic heterocycles. The second kappa shape index (κ2) is 20.1. The second-order valence-electron chi connectivity index (χ2n) is 10.2. The van der Waals surface area contributed by atoms with E-state index in [0.29, 0.717) is 33.1 Å². The third-order valence-corrected chi connectivity index (χ3v) is 7.33. The molecule has 0 saturated carbocycles. The first-order valence-corrected chi connectivity index (χ1v) is 15.9. The van der Waals surface area contributed by atoms with Crippen LogP contribution in [0.25, 0.3) is 11.4 Å². The Labute approximate surface area is 311 Å². The Morgan fingerprint density at radius 3 is 1.87 bits per heavy atom. The number of nitrogens with zero attached hydrogens (tertiary/aromatic N) is 6. The highest BCUT2D eigenvalue weighted by Crippen LogP contribution is 2.24. The first-order valence-electron chi connectivity index (χ1n) is 15.1. The van der Waals surface area contributed by atoms with Gasteiger partial charge in [0.2, 0.25) is 11.8 Å². The second-order valence-corrected chi connectivity index (χ2v) is 11.1. The Kier molecular flexibility index (Phi) is 15.7. The van der Waals surface area contributed by atoms with Crippen LogP contribution in [-0.2, 0) is 25.8 Å². The number of benzene rings is 3. The Hall–Kier alpha value is -5.83. The molecule has 3 aromatic carbocycles. The first-order chi connectivity index (χ1) is 24.6. The zero-order valence-corrected chi connectivity index (χ0v) is 29.6. The van der Waals surface area contributed by atoms with Gasteiger partial charge in [-0.25, -0.2) is 14.2 Å². The van der Waals surface area contributed by atoms with Crippen LogP contribution in [0, 0.1) is 0 Å². The number of carbonyl (C=O) groups is 2. The maximum Gasteiger partial charge on any atom is 0.438 e. The minimum absolute atomic E-state index is 0. The molecule has 274 valence electrons. The molecule has 0 spiro atoms. The summed E-state index contributed by atoms with van der Waals surface area (Å²) in [5.41, 5.74) is 8.84. The summed E-state index contributed by atoms with van der Waals surface area (Å²) in [6, 6.07) is 25.3. The van der Waals surface area contributed by atoms with Crippen molar-refractivity contribution in [2.75, 3.05) is 33.0 Å². The fraction of sp³-hybridized carbons (Fsp3) is 0.194. The van der Waals surface area contributed by atoms with Crippen molar-refractivity contribution < 1.29 is 33.5 Å².